The Kier molecular flexibility index (Phi) is 4.08. The van der Waals surface area contributed by atoms with E-state index in [9.17, 15) is 8.42 Å². The molecule has 0 aromatic heterocycles. The molecule has 0 saturated carbocycles. The third-order valence-electron chi connectivity index (χ3n) is 1.24. The lowest BCUT2D eigenvalue weighted by atomic mass is 10.1. The van der Waals surface area contributed by atoms with Crippen LogP contribution in [-0.4, -0.2) is 32.1 Å². The van der Waals surface area contributed by atoms with Crippen LogP contribution in [-0.2, 0) is 9.84 Å². The molecule has 64 valence electrons. The number of hydrogen-bond donors (Lipinski definition) is 1. The summed E-state index contributed by atoms with van der Waals surface area (Å²) in [6.45, 7) is -0.272. The maximum absolute atomic E-state index is 10.6. The molecule has 1 unspecified atom stereocenters. The lowest BCUT2D eigenvalue weighted by Gasteiger charge is -2.02. The van der Waals surface area contributed by atoms with Crippen molar-refractivity contribution in [3.05, 3.63) is 0 Å². The summed E-state index contributed by atoms with van der Waals surface area (Å²) >= 11 is 0. The third-order valence-corrected chi connectivity index (χ3v) is 2.22. The fraction of sp³-hybridized carbons (Fsp3) is 0.833. The van der Waals surface area contributed by atoms with Gasteiger partial charge in [0.05, 0.1) is 24.3 Å². The molecule has 0 fully saturated rings. The van der Waals surface area contributed by atoms with E-state index in [1.54, 1.807) is 0 Å². The highest BCUT2D eigenvalue weighted by molar-refractivity contribution is 7.90. The second-order valence-electron chi connectivity index (χ2n) is 2.43. The molecule has 0 bridgehead atoms. The summed E-state index contributed by atoms with van der Waals surface area (Å²) < 4.78 is 21.2. The van der Waals surface area contributed by atoms with E-state index in [1.165, 1.54) is 0 Å². The van der Waals surface area contributed by atoms with Crippen molar-refractivity contribution in [3.8, 4) is 6.07 Å². The van der Waals surface area contributed by atoms with Gasteiger partial charge in [0.15, 0.2) is 0 Å². The van der Waals surface area contributed by atoms with E-state index < -0.39 is 15.8 Å². The molecule has 1 N–H and O–H groups in total. The molecule has 0 aliphatic heterocycles. The van der Waals surface area contributed by atoms with Gasteiger partial charge in [0.2, 0.25) is 0 Å². The number of nitrogens with zero attached hydrogens (tertiary/aromatic N) is 1. The molecule has 5 heteroatoms. The molecule has 0 spiro atoms. The number of sulfone groups is 1. The Morgan fingerprint density at radius 2 is 2.18 bits per heavy atom. The molecule has 4 nitrogen and oxygen atoms in total. The van der Waals surface area contributed by atoms with Gasteiger partial charge >= 0.3 is 0 Å². The Balaban J connectivity index is 3.81. The van der Waals surface area contributed by atoms with Crippen molar-refractivity contribution >= 4 is 9.84 Å². The van der Waals surface area contributed by atoms with E-state index in [0.717, 1.165) is 6.26 Å². The van der Waals surface area contributed by atoms with Crippen molar-refractivity contribution in [3.63, 3.8) is 0 Å². The van der Waals surface area contributed by atoms with Crippen LogP contribution in [0.4, 0.5) is 0 Å². The zero-order chi connectivity index (χ0) is 8.91. The molecule has 0 aromatic rings. The summed E-state index contributed by atoms with van der Waals surface area (Å²) in [5.41, 5.74) is 0. The predicted molar refractivity (Wildman–Crippen MR) is 40.5 cm³/mol. The van der Waals surface area contributed by atoms with Gasteiger partial charge in [-0.05, 0) is 6.42 Å². The standard InChI is InChI=1S/C6H11NO3S/c1-11(9,10)3-2-6(4-7)5-8/h6,8H,2-3,5H2,1H3. The highest BCUT2D eigenvalue weighted by atomic mass is 32.2. The van der Waals surface area contributed by atoms with Gasteiger partial charge in [-0.1, -0.05) is 0 Å². The van der Waals surface area contributed by atoms with Crippen LogP contribution in [0.2, 0.25) is 0 Å². The largest absolute Gasteiger partial charge is 0.395 e. The average Bonchev–Trinajstić information content (AvgIpc) is 1.88. The van der Waals surface area contributed by atoms with Gasteiger partial charge < -0.3 is 5.11 Å². The number of rotatable bonds is 4. The number of nitriles is 1. The summed E-state index contributed by atoms with van der Waals surface area (Å²) in [7, 11) is -3.00. The van der Waals surface area contributed by atoms with Crippen LogP contribution in [0.3, 0.4) is 0 Å². The summed E-state index contributed by atoms with van der Waals surface area (Å²) in [5.74, 6) is -0.587. The maximum Gasteiger partial charge on any atom is 0.147 e. The number of hydrogen-bond acceptors (Lipinski definition) is 4. The molecule has 11 heavy (non-hydrogen) atoms. The fourth-order valence-electron chi connectivity index (χ4n) is 0.553. The van der Waals surface area contributed by atoms with Crippen molar-refractivity contribution in [2.75, 3.05) is 18.6 Å². The molecular formula is C6H11NO3S. The molecule has 0 amide bonds. The minimum atomic E-state index is -3.00. The quantitative estimate of drug-likeness (QED) is 0.631. The second kappa shape index (κ2) is 4.31. The van der Waals surface area contributed by atoms with Crippen LogP contribution < -0.4 is 0 Å². The van der Waals surface area contributed by atoms with E-state index in [1.807, 2.05) is 6.07 Å². The molecule has 1 atom stereocenters. The van der Waals surface area contributed by atoms with Gasteiger partial charge in [-0.15, -0.1) is 0 Å². The molecule has 0 aliphatic rings. The monoisotopic (exact) mass is 177 g/mol. The summed E-state index contributed by atoms with van der Waals surface area (Å²) in [5, 5.41) is 16.8. The SMILES string of the molecule is CS(=O)(=O)CCC(C#N)CO. The Bertz CT molecular complexity index is 239. The van der Waals surface area contributed by atoms with Gasteiger partial charge in [-0.3, -0.25) is 0 Å². The number of aliphatic hydroxyl groups excluding tert-OH is 1. The fourth-order valence-corrected chi connectivity index (χ4v) is 1.27. The van der Waals surface area contributed by atoms with Crippen molar-refractivity contribution in [2.24, 2.45) is 5.92 Å². The molecule has 0 aromatic carbocycles. The van der Waals surface area contributed by atoms with Crippen LogP contribution in [0.1, 0.15) is 6.42 Å². The normalized spacial score (nSPS) is 13.9. The Morgan fingerprint density at radius 1 is 1.64 bits per heavy atom. The Labute approximate surface area is 66.4 Å². The Hall–Kier alpha value is -0.600. The van der Waals surface area contributed by atoms with Crippen molar-refractivity contribution in [2.45, 2.75) is 6.42 Å². The van der Waals surface area contributed by atoms with Gasteiger partial charge in [0, 0.05) is 6.26 Å². The molecule has 0 heterocycles. The topological polar surface area (TPSA) is 78.2 Å². The highest BCUT2D eigenvalue weighted by Crippen LogP contribution is 2.01. The van der Waals surface area contributed by atoms with Crippen LogP contribution in [0.15, 0.2) is 0 Å². The van der Waals surface area contributed by atoms with Gasteiger partial charge in [-0.25, -0.2) is 8.42 Å². The van der Waals surface area contributed by atoms with Crippen molar-refractivity contribution in [1.82, 2.24) is 0 Å². The van der Waals surface area contributed by atoms with Gasteiger partial charge in [0.25, 0.3) is 0 Å². The molecule has 0 rings (SSSR count). The smallest absolute Gasteiger partial charge is 0.147 e. The van der Waals surface area contributed by atoms with Crippen LogP contribution in [0, 0.1) is 17.2 Å². The lowest BCUT2D eigenvalue weighted by molar-refractivity contribution is 0.253. The summed E-state index contributed by atoms with van der Waals surface area (Å²) in [6.07, 6.45) is 1.32. The first-order valence-electron chi connectivity index (χ1n) is 3.18. The molecule has 0 radical (unpaired) electrons. The van der Waals surface area contributed by atoms with Gasteiger partial charge in [0.1, 0.15) is 9.84 Å². The van der Waals surface area contributed by atoms with E-state index >= 15 is 0 Å². The van der Waals surface area contributed by atoms with E-state index in [4.69, 9.17) is 10.4 Å². The third kappa shape index (κ3) is 5.83. The molecule has 0 aliphatic carbocycles. The highest BCUT2D eigenvalue weighted by Gasteiger charge is 2.09. The van der Waals surface area contributed by atoms with E-state index in [-0.39, 0.29) is 18.8 Å². The first-order chi connectivity index (χ1) is 4.99. The minimum Gasteiger partial charge on any atom is -0.395 e. The van der Waals surface area contributed by atoms with Crippen molar-refractivity contribution in [1.29, 1.82) is 5.26 Å². The first kappa shape index (κ1) is 10.4. The summed E-state index contributed by atoms with van der Waals surface area (Å²) in [6, 6.07) is 1.81. The zero-order valence-corrected chi connectivity index (χ0v) is 7.13. The Morgan fingerprint density at radius 3 is 2.45 bits per heavy atom. The molecule has 0 saturated heterocycles. The van der Waals surface area contributed by atoms with Crippen molar-refractivity contribution < 1.29 is 13.5 Å². The predicted octanol–water partition coefficient (Wildman–Crippen LogP) is -0.447. The van der Waals surface area contributed by atoms with Gasteiger partial charge in [-0.2, -0.15) is 5.26 Å². The number of aliphatic hydroxyl groups is 1. The zero-order valence-electron chi connectivity index (χ0n) is 6.32. The summed E-state index contributed by atoms with van der Waals surface area (Å²) in [4.78, 5) is 0. The van der Waals surface area contributed by atoms with E-state index in [2.05, 4.69) is 0 Å². The maximum atomic E-state index is 10.6. The van der Waals surface area contributed by atoms with Crippen LogP contribution in [0.25, 0.3) is 0 Å². The van der Waals surface area contributed by atoms with Crippen LogP contribution in [0.5, 0.6) is 0 Å². The second-order valence-corrected chi connectivity index (χ2v) is 4.69. The lowest BCUT2D eigenvalue weighted by Crippen LogP contribution is -2.11. The first-order valence-corrected chi connectivity index (χ1v) is 5.24. The van der Waals surface area contributed by atoms with Crippen LogP contribution >= 0.6 is 0 Å². The van der Waals surface area contributed by atoms with E-state index in [0.29, 0.717) is 0 Å². The molecular weight excluding hydrogens is 166 g/mol. The average molecular weight is 177 g/mol. The minimum absolute atomic E-state index is 0.0359.